The molecule has 0 spiro atoms. The molecule has 7 nitrogen and oxygen atoms in total. The van der Waals surface area contributed by atoms with Gasteiger partial charge in [-0.25, -0.2) is 13.6 Å². The number of ketones is 1. The Morgan fingerprint density at radius 1 is 0.861 bits per heavy atom. The topological polar surface area (TPSA) is 107 Å². The van der Waals surface area contributed by atoms with E-state index in [2.05, 4.69) is 0 Å². The molecule has 3 aromatic rings. The van der Waals surface area contributed by atoms with Crippen LogP contribution in [0.1, 0.15) is 42.2 Å². The van der Waals surface area contributed by atoms with E-state index in [0.717, 1.165) is 11.1 Å². The van der Waals surface area contributed by atoms with Crippen molar-refractivity contribution >= 4 is 27.4 Å². The van der Waals surface area contributed by atoms with Gasteiger partial charge in [-0.15, -0.1) is 0 Å². The number of amides is 1. The second-order valence-electron chi connectivity index (χ2n) is 9.07. The average molecular weight is 503 g/mol. The molecule has 184 valence electrons. The van der Waals surface area contributed by atoms with Crippen molar-refractivity contribution in [2.75, 3.05) is 12.0 Å². The summed E-state index contributed by atoms with van der Waals surface area (Å²) in [5.41, 5.74) is 3.60. The number of para-hydroxylation sites is 1. The third kappa shape index (κ3) is 4.34. The number of anilines is 1. The molecule has 2 aliphatic rings. The van der Waals surface area contributed by atoms with E-state index >= 15 is 0 Å². The van der Waals surface area contributed by atoms with Crippen molar-refractivity contribution in [2.24, 2.45) is 5.14 Å². The number of hydrogen-bond acceptors (Lipinski definition) is 5. The fraction of sp³-hybridized carbons (Fsp3) is 0.214. The van der Waals surface area contributed by atoms with Crippen LogP contribution in [-0.4, -0.2) is 27.2 Å². The first-order valence-electron chi connectivity index (χ1n) is 11.7. The molecule has 0 aromatic heterocycles. The molecular formula is C28H26N2O5S. The molecule has 0 saturated carbocycles. The fourth-order valence-electron chi connectivity index (χ4n) is 5.30. The molecule has 0 saturated heterocycles. The standard InChI is InChI=1S/C28H26N2O5S/c1-35-26-10-6-5-9-22(26)23-17-27(32)30(20-11-13-21(14-12-20)36(29,33)34)24-15-19(16-25(31)28(23)24)18-7-3-2-4-8-18/h2-14,19,23H,15-17H2,1H3,(H2,29,33,34). The lowest BCUT2D eigenvalue weighted by atomic mass is 9.72. The lowest BCUT2D eigenvalue weighted by Crippen LogP contribution is -2.41. The number of carbonyl (C=O) groups is 2. The molecule has 1 aliphatic heterocycles. The molecule has 2 atom stereocenters. The molecule has 8 heteroatoms. The van der Waals surface area contributed by atoms with E-state index in [9.17, 15) is 18.0 Å². The third-order valence-electron chi connectivity index (χ3n) is 6.94. The maximum atomic E-state index is 13.7. The van der Waals surface area contributed by atoms with Crippen molar-refractivity contribution < 1.29 is 22.7 Å². The lowest BCUT2D eigenvalue weighted by Gasteiger charge is -2.40. The Bertz CT molecular complexity index is 1460. The monoisotopic (exact) mass is 502 g/mol. The minimum absolute atomic E-state index is 0.000310. The van der Waals surface area contributed by atoms with Gasteiger partial charge in [0.05, 0.1) is 12.0 Å². The number of ether oxygens (including phenoxy) is 1. The third-order valence-corrected chi connectivity index (χ3v) is 7.87. The van der Waals surface area contributed by atoms with Crippen molar-refractivity contribution in [1.29, 1.82) is 0 Å². The average Bonchev–Trinajstić information content (AvgIpc) is 2.88. The molecule has 1 heterocycles. The second-order valence-corrected chi connectivity index (χ2v) is 10.6. The van der Waals surface area contributed by atoms with Crippen molar-refractivity contribution in [2.45, 2.75) is 36.0 Å². The van der Waals surface area contributed by atoms with Gasteiger partial charge in [-0.2, -0.15) is 0 Å². The zero-order valence-corrected chi connectivity index (χ0v) is 20.6. The summed E-state index contributed by atoms with van der Waals surface area (Å²) >= 11 is 0. The Morgan fingerprint density at radius 3 is 2.19 bits per heavy atom. The van der Waals surface area contributed by atoms with Crippen molar-refractivity contribution in [3.8, 4) is 5.75 Å². The van der Waals surface area contributed by atoms with Crippen LogP contribution in [0.15, 0.2) is 95.0 Å². The van der Waals surface area contributed by atoms with Gasteiger partial charge in [0.1, 0.15) is 5.75 Å². The molecule has 0 fully saturated rings. The van der Waals surface area contributed by atoms with Crippen LogP contribution < -0.4 is 14.8 Å². The highest BCUT2D eigenvalue weighted by atomic mass is 32.2. The Balaban J connectivity index is 1.66. The number of allylic oxidation sites excluding steroid dienone is 2. The van der Waals surface area contributed by atoms with Crippen LogP contribution in [0.4, 0.5) is 5.69 Å². The molecule has 2 unspecified atom stereocenters. The molecule has 0 bridgehead atoms. The summed E-state index contributed by atoms with van der Waals surface area (Å²) in [5.74, 6) is -0.0408. The van der Waals surface area contributed by atoms with E-state index < -0.39 is 15.9 Å². The number of nitrogens with zero attached hydrogens (tertiary/aromatic N) is 1. The summed E-state index contributed by atoms with van der Waals surface area (Å²) in [4.78, 5) is 28.9. The molecule has 1 amide bonds. The zero-order valence-electron chi connectivity index (χ0n) is 19.8. The smallest absolute Gasteiger partial charge is 0.238 e. The van der Waals surface area contributed by atoms with E-state index in [4.69, 9.17) is 9.88 Å². The highest BCUT2D eigenvalue weighted by Crippen LogP contribution is 2.48. The largest absolute Gasteiger partial charge is 0.496 e. The van der Waals surface area contributed by atoms with Crippen LogP contribution in [0.5, 0.6) is 5.75 Å². The number of sulfonamides is 1. The van der Waals surface area contributed by atoms with Crippen molar-refractivity contribution in [3.63, 3.8) is 0 Å². The van der Waals surface area contributed by atoms with Gasteiger partial charge in [0.25, 0.3) is 0 Å². The first-order valence-corrected chi connectivity index (χ1v) is 13.2. The van der Waals surface area contributed by atoms with E-state index in [1.54, 1.807) is 24.1 Å². The summed E-state index contributed by atoms with van der Waals surface area (Å²) in [6, 6.07) is 23.1. The first kappa shape index (κ1) is 24.0. The van der Waals surface area contributed by atoms with Gasteiger partial charge in [-0.3, -0.25) is 14.5 Å². The fourth-order valence-corrected chi connectivity index (χ4v) is 5.82. The van der Waals surface area contributed by atoms with Crippen LogP contribution in [0.2, 0.25) is 0 Å². The van der Waals surface area contributed by atoms with Crippen LogP contribution in [-0.2, 0) is 19.6 Å². The van der Waals surface area contributed by atoms with Crippen LogP contribution in [0.25, 0.3) is 0 Å². The van der Waals surface area contributed by atoms with Gasteiger partial charge in [0, 0.05) is 41.3 Å². The number of hydrogen-bond donors (Lipinski definition) is 1. The summed E-state index contributed by atoms with van der Waals surface area (Å²) in [6.45, 7) is 0. The lowest BCUT2D eigenvalue weighted by molar-refractivity contribution is -0.120. The van der Waals surface area contributed by atoms with E-state index in [1.165, 1.54) is 12.1 Å². The summed E-state index contributed by atoms with van der Waals surface area (Å²) in [6.07, 6.45) is 0.943. The minimum atomic E-state index is -3.88. The number of carbonyl (C=O) groups excluding carboxylic acids is 2. The summed E-state index contributed by atoms with van der Waals surface area (Å²) in [7, 11) is -2.30. The first-order chi connectivity index (χ1) is 17.3. The van der Waals surface area contributed by atoms with Gasteiger partial charge in [0.2, 0.25) is 15.9 Å². The van der Waals surface area contributed by atoms with E-state index in [1.807, 2.05) is 54.6 Å². The van der Waals surface area contributed by atoms with Crippen LogP contribution in [0, 0.1) is 0 Å². The van der Waals surface area contributed by atoms with Crippen LogP contribution >= 0.6 is 0 Å². The molecule has 2 N–H and O–H groups in total. The Labute approximate surface area is 210 Å². The predicted octanol–water partition coefficient (Wildman–Crippen LogP) is 4.26. The Morgan fingerprint density at radius 2 is 1.53 bits per heavy atom. The van der Waals surface area contributed by atoms with Crippen molar-refractivity contribution in [3.05, 3.63) is 101 Å². The minimum Gasteiger partial charge on any atom is -0.496 e. The van der Waals surface area contributed by atoms with Gasteiger partial charge in [-0.05, 0) is 48.2 Å². The van der Waals surface area contributed by atoms with Crippen molar-refractivity contribution in [1.82, 2.24) is 0 Å². The maximum absolute atomic E-state index is 13.7. The molecule has 1 aliphatic carbocycles. The normalized spacial score (nSPS) is 20.3. The second kappa shape index (κ2) is 9.37. The van der Waals surface area contributed by atoms with Gasteiger partial charge in [-0.1, -0.05) is 48.5 Å². The highest BCUT2D eigenvalue weighted by Gasteiger charge is 2.43. The van der Waals surface area contributed by atoms with Gasteiger partial charge < -0.3 is 4.74 Å². The summed E-state index contributed by atoms with van der Waals surface area (Å²) < 4.78 is 29.1. The number of primary sulfonamides is 1. The molecule has 36 heavy (non-hydrogen) atoms. The van der Waals surface area contributed by atoms with Gasteiger partial charge >= 0.3 is 0 Å². The zero-order chi connectivity index (χ0) is 25.4. The van der Waals surface area contributed by atoms with E-state index in [0.29, 0.717) is 35.5 Å². The molecule has 5 rings (SSSR count). The molecule has 0 radical (unpaired) electrons. The number of nitrogens with two attached hydrogens (primary N) is 1. The number of Topliss-reactive ketones (excluding diaryl/α,β-unsaturated/α-hetero) is 1. The molecular weight excluding hydrogens is 476 g/mol. The van der Waals surface area contributed by atoms with E-state index in [-0.39, 0.29) is 28.9 Å². The predicted molar refractivity (Wildman–Crippen MR) is 136 cm³/mol. The van der Waals surface area contributed by atoms with Gasteiger partial charge in [0.15, 0.2) is 5.78 Å². The maximum Gasteiger partial charge on any atom is 0.238 e. The highest BCUT2D eigenvalue weighted by molar-refractivity contribution is 7.89. The molecule has 3 aromatic carbocycles. The Kier molecular flexibility index (Phi) is 6.24. The quantitative estimate of drug-likeness (QED) is 0.561. The number of methoxy groups -OCH3 is 1. The number of rotatable bonds is 5. The summed E-state index contributed by atoms with van der Waals surface area (Å²) in [5, 5.41) is 5.26. The Hall–Kier alpha value is -3.75. The SMILES string of the molecule is COc1ccccc1C1CC(=O)N(c2ccc(S(N)(=O)=O)cc2)C2=C1C(=O)CC(c1ccccc1)C2. The van der Waals surface area contributed by atoms with Crippen LogP contribution in [0.3, 0.4) is 0 Å². The number of benzene rings is 3.